The minimum Gasteiger partial charge on any atom is -0.494 e. The third kappa shape index (κ3) is 3.45. The van der Waals surface area contributed by atoms with E-state index in [4.69, 9.17) is 15.2 Å². The first kappa shape index (κ1) is 13.4. The quantitative estimate of drug-likeness (QED) is 0.900. The number of halogens is 1. The van der Waals surface area contributed by atoms with Gasteiger partial charge in [0.15, 0.2) is 11.6 Å². The molecule has 2 N–H and O–H groups in total. The molecule has 0 aromatic heterocycles. The Morgan fingerprint density at radius 2 is 1.89 bits per heavy atom. The molecule has 0 aliphatic carbocycles. The van der Waals surface area contributed by atoms with Crippen molar-refractivity contribution >= 4 is 0 Å². The van der Waals surface area contributed by atoms with Gasteiger partial charge in [-0.1, -0.05) is 24.3 Å². The first-order chi connectivity index (χ1) is 9.20. The van der Waals surface area contributed by atoms with Crippen LogP contribution in [0.4, 0.5) is 4.39 Å². The molecule has 0 aliphatic heterocycles. The fourth-order valence-corrected chi connectivity index (χ4v) is 1.71. The van der Waals surface area contributed by atoms with Crippen LogP contribution in [0.25, 0.3) is 0 Å². The molecule has 19 heavy (non-hydrogen) atoms. The van der Waals surface area contributed by atoms with Gasteiger partial charge in [-0.25, -0.2) is 4.39 Å². The minimum absolute atomic E-state index is 0.208. The van der Waals surface area contributed by atoms with Gasteiger partial charge in [-0.15, -0.1) is 0 Å². The number of methoxy groups -OCH3 is 1. The van der Waals surface area contributed by atoms with E-state index in [1.807, 2.05) is 30.3 Å². The van der Waals surface area contributed by atoms with Gasteiger partial charge in [-0.3, -0.25) is 0 Å². The Bertz CT molecular complexity index is 531. The number of ether oxygens (including phenoxy) is 2. The molecule has 0 saturated carbocycles. The fraction of sp³-hybridized carbons (Fsp3) is 0.200. The third-order valence-corrected chi connectivity index (χ3v) is 2.78. The summed E-state index contributed by atoms with van der Waals surface area (Å²) in [5.74, 6) is 0.530. The lowest BCUT2D eigenvalue weighted by molar-refractivity contribution is 0.290. The second-order valence-corrected chi connectivity index (χ2v) is 4.12. The van der Waals surface area contributed by atoms with Crippen molar-refractivity contribution in [3.05, 3.63) is 59.9 Å². The van der Waals surface area contributed by atoms with Crippen LogP contribution < -0.4 is 15.2 Å². The molecule has 2 aromatic carbocycles. The molecule has 3 nitrogen and oxygen atoms in total. The highest BCUT2D eigenvalue weighted by Gasteiger charge is 2.10. The Morgan fingerprint density at radius 3 is 2.53 bits per heavy atom. The summed E-state index contributed by atoms with van der Waals surface area (Å²) in [7, 11) is 1.43. The van der Waals surface area contributed by atoms with E-state index >= 15 is 0 Å². The standard InChI is InChI=1S/C15H16FNO2/c1-18-15-8-7-11(9-13(15)16)14(17)10-19-12-5-3-2-4-6-12/h2-9,14H,10,17H2,1H3. The Kier molecular flexibility index (Phi) is 4.36. The number of hydrogen-bond acceptors (Lipinski definition) is 3. The molecule has 0 saturated heterocycles. The zero-order valence-electron chi connectivity index (χ0n) is 10.7. The van der Waals surface area contributed by atoms with Crippen molar-refractivity contribution in [2.24, 2.45) is 5.73 Å². The van der Waals surface area contributed by atoms with Crippen LogP contribution >= 0.6 is 0 Å². The largest absolute Gasteiger partial charge is 0.494 e. The maximum absolute atomic E-state index is 13.6. The monoisotopic (exact) mass is 261 g/mol. The Morgan fingerprint density at radius 1 is 1.16 bits per heavy atom. The predicted octanol–water partition coefficient (Wildman–Crippen LogP) is 2.91. The molecule has 4 heteroatoms. The molecule has 0 heterocycles. The highest BCUT2D eigenvalue weighted by atomic mass is 19.1. The summed E-state index contributed by atoms with van der Waals surface area (Å²) in [5.41, 5.74) is 6.65. The highest BCUT2D eigenvalue weighted by Crippen LogP contribution is 2.21. The van der Waals surface area contributed by atoms with Crippen LogP contribution in [0.15, 0.2) is 48.5 Å². The van der Waals surface area contributed by atoms with E-state index in [2.05, 4.69) is 0 Å². The van der Waals surface area contributed by atoms with Crippen LogP contribution in [0.3, 0.4) is 0 Å². The van der Waals surface area contributed by atoms with E-state index in [1.165, 1.54) is 13.2 Å². The van der Waals surface area contributed by atoms with Crippen LogP contribution in [-0.4, -0.2) is 13.7 Å². The normalized spacial score (nSPS) is 11.9. The first-order valence-corrected chi connectivity index (χ1v) is 5.97. The average Bonchev–Trinajstić information content (AvgIpc) is 2.45. The van der Waals surface area contributed by atoms with Crippen LogP contribution in [0, 0.1) is 5.82 Å². The number of nitrogens with two attached hydrogens (primary N) is 1. The van der Waals surface area contributed by atoms with E-state index in [-0.39, 0.29) is 18.4 Å². The first-order valence-electron chi connectivity index (χ1n) is 5.97. The molecule has 0 fully saturated rings. The van der Waals surface area contributed by atoms with Crippen LogP contribution in [0.1, 0.15) is 11.6 Å². The van der Waals surface area contributed by atoms with Gasteiger partial charge in [-0.05, 0) is 29.8 Å². The summed E-state index contributed by atoms with van der Waals surface area (Å²) in [5, 5.41) is 0. The zero-order chi connectivity index (χ0) is 13.7. The molecule has 1 atom stereocenters. The maximum Gasteiger partial charge on any atom is 0.165 e. The topological polar surface area (TPSA) is 44.5 Å². The average molecular weight is 261 g/mol. The SMILES string of the molecule is COc1ccc(C(N)COc2ccccc2)cc1F. The summed E-state index contributed by atoms with van der Waals surface area (Å²) in [4.78, 5) is 0. The van der Waals surface area contributed by atoms with Gasteiger partial charge in [-0.2, -0.15) is 0 Å². The molecule has 2 rings (SSSR count). The van der Waals surface area contributed by atoms with Crippen molar-refractivity contribution in [3.63, 3.8) is 0 Å². The molecular weight excluding hydrogens is 245 g/mol. The lowest BCUT2D eigenvalue weighted by Crippen LogP contribution is -2.19. The molecule has 100 valence electrons. The molecule has 0 radical (unpaired) electrons. The molecule has 1 unspecified atom stereocenters. The van der Waals surface area contributed by atoms with E-state index in [0.717, 1.165) is 5.75 Å². The van der Waals surface area contributed by atoms with Crippen molar-refractivity contribution in [2.45, 2.75) is 6.04 Å². The Labute approximate surface area is 111 Å². The summed E-state index contributed by atoms with van der Waals surface area (Å²) < 4.78 is 24.0. The second kappa shape index (κ2) is 6.20. The molecule has 0 aliphatic rings. The molecule has 0 bridgehead atoms. The van der Waals surface area contributed by atoms with Gasteiger partial charge in [0.1, 0.15) is 12.4 Å². The smallest absolute Gasteiger partial charge is 0.165 e. The van der Waals surface area contributed by atoms with Gasteiger partial charge >= 0.3 is 0 Å². The lowest BCUT2D eigenvalue weighted by atomic mass is 10.1. The van der Waals surface area contributed by atoms with Crippen molar-refractivity contribution in [1.82, 2.24) is 0 Å². The highest BCUT2D eigenvalue weighted by molar-refractivity contribution is 5.31. The molecular formula is C15H16FNO2. The van der Waals surface area contributed by atoms with Gasteiger partial charge in [0, 0.05) is 0 Å². The summed E-state index contributed by atoms with van der Waals surface area (Å²) >= 11 is 0. The van der Waals surface area contributed by atoms with E-state index in [1.54, 1.807) is 12.1 Å². The van der Waals surface area contributed by atoms with Crippen molar-refractivity contribution in [2.75, 3.05) is 13.7 Å². The fourth-order valence-electron chi connectivity index (χ4n) is 1.71. The number of rotatable bonds is 5. The minimum atomic E-state index is -0.421. The molecule has 0 spiro atoms. The Hall–Kier alpha value is -2.07. The number of para-hydroxylation sites is 1. The van der Waals surface area contributed by atoms with Crippen molar-refractivity contribution < 1.29 is 13.9 Å². The summed E-state index contributed by atoms with van der Waals surface area (Å²) in [6.45, 7) is 0.287. The van der Waals surface area contributed by atoms with Gasteiger partial charge in [0.25, 0.3) is 0 Å². The number of benzene rings is 2. The van der Waals surface area contributed by atoms with Gasteiger partial charge in [0.05, 0.1) is 13.2 Å². The van der Waals surface area contributed by atoms with Crippen molar-refractivity contribution in [1.29, 1.82) is 0 Å². The van der Waals surface area contributed by atoms with E-state index in [0.29, 0.717) is 5.56 Å². The Balaban J connectivity index is 2.00. The molecule has 0 amide bonds. The lowest BCUT2D eigenvalue weighted by Gasteiger charge is -2.14. The van der Waals surface area contributed by atoms with Gasteiger partial charge in [0.2, 0.25) is 0 Å². The van der Waals surface area contributed by atoms with E-state index < -0.39 is 5.82 Å². The van der Waals surface area contributed by atoms with Gasteiger partial charge < -0.3 is 15.2 Å². The third-order valence-electron chi connectivity index (χ3n) is 2.78. The maximum atomic E-state index is 13.6. The van der Waals surface area contributed by atoms with Crippen LogP contribution in [-0.2, 0) is 0 Å². The molecule has 2 aromatic rings. The summed E-state index contributed by atoms with van der Waals surface area (Å²) in [6, 6.07) is 13.7. The van der Waals surface area contributed by atoms with Crippen molar-refractivity contribution in [3.8, 4) is 11.5 Å². The predicted molar refractivity (Wildman–Crippen MR) is 71.8 cm³/mol. The van der Waals surface area contributed by atoms with E-state index in [9.17, 15) is 4.39 Å². The zero-order valence-corrected chi connectivity index (χ0v) is 10.7. The van der Waals surface area contributed by atoms with Crippen LogP contribution in [0.2, 0.25) is 0 Å². The summed E-state index contributed by atoms with van der Waals surface area (Å²) in [6.07, 6.45) is 0. The second-order valence-electron chi connectivity index (χ2n) is 4.12. The van der Waals surface area contributed by atoms with Crippen LogP contribution in [0.5, 0.6) is 11.5 Å². The number of hydrogen-bond donors (Lipinski definition) is 1.